The van der Waals surface area contributed by atoms with Crippen molar-refractivity contribution in [3.8, 4) is 5.75 Å². The van der Waals surface area contributed by atoms with Gasteiger partial charge in [-0.05, 0) is 134 Å². The molecule has 2 aliphatic heterocycles. The van der Waals surface area contributed by atoms with E-state index in [9.17, 15) is 56.3 Å². The Bertz CT molecular complexity index is 4960. The van der Waals surface area contributed by atoms with Crippen molar-refractivity contribution in [2.24, 2.45) is 48.2 Å². The molecule has 0 spiro atoms. The highest BCUT2D eigenvalue weighted by atomic mass is 127. The van der Waals surface area contributed by atoms with E-state index in [1.807, 2.05) is 134 Å². The minimum absolute atomic E-state index is 0.00106. The lowest BCUT2D eigenvalue weighted by molar-refractivity contribution is -0.238. The van der Waals surface area contributed by atoms with E-state index in [0.717, 1.165) is 38.5 Å². The first-order valence-corrected chi connectivity index (χ1v) is 34.5. The number of hydrogen-bond donors (Lipinski definition) is 7. The normalized spacial score (nSPS) is 15.4. The fraction of sp³-hybridized carbons (Fsp3) is 0.261. The summed E-state index contributed by atoms with van der Waals surface area (Å²) in [5, 5.41) is 23.4. The quantitative estimate of drug-likeness (QED) is 0.0225. The number of anilines is 4. The Balaban J connectivity index is 0.000000183. The molecule has 105 heavy (non-hydrogen) atoms. The summed E-state index contributed by atoms with van der Waals surface area (Å²) in [6, 6.07) is 40.5. The average molecular weight is 1790 g/mol. The van der Waals surface area contributed by atoms with Crippen LogP contribution in [0.3, 0.4) is 0 Å². The molecule has 0 unspecified atom stereocenters. The highest BCUT2D eigenvalue weighted by molar-refractivity contribution is 14.1. The van der Waals surface area contributed by atoms with E-state index >= 15 is 0 Å². The van der Waals surface area contributed by atoms with Crippen molar-refractivity contribution in [1.82, 2.24) is 38.4 Å². The van der Waals surface area contributed by atoms with Crippen molar-refractivity contribution < 1.29 is 76.0 Å². The number of halogens is 6. The highest BCUT2D eigenvalue weighted by Crippen LogP contribution is 2.28. The Kier molecular flexibility index (Phi) is 29.8. The topological polar surface area (TPSA) is 372 Å². The third-order valence-electron chi connectivity index (χ3n) is 15.6. The van der Waals surface area contributed by atoms with Crippen molar-refractivity contribution in [2.75, 3.05) is 50.3 Å². The first-order valence-electron chi connectivity index (χ1n) is 31.3. The number of ether oxygens (including phenoxy) is 5. The molecule has 8 N–H and O–H groups in total. The molecule has 0 radical (unpaired) electrons. The number of aliphatic hydroxyl groups excluding tert-OH is 2. The molecular weight excluding hydrogens is 1720 g/mol. The van der Waals surface area contributed by atoms with Gasteiger partial charge in [-0.2, -0.15) is 0 Å². The molecule has 2 aliphatic rings. The highest BCUT2D eigenvalue weighted by Gasteiger charge is 2.31. The predicted octanol–water partition coefficient (Wildman–Crippen LogP) is 5.56. The number of para-hydroxylation sites is 1. The fourth-order valence-corrected chi connectivity index (χ4v) is 11.2. The maximum absolute atomic E-state index is 14.4. The Labute approximate surface area is 635 Å². The molecule has 11 rings (SSSR count). The van der Waals surface area contributed by atoms with Gasteiger partial charge in [0.05, 0.1) is 51.0 Å². The third kappa shape index (κ3) is 20.9. The number of carbonyl (C=O) groups is 3. The number of carbonyl (C=O) groups excluding carboxylic acids is 3. The number of aromatic nitrogens is 6. The molecule has 0 atom stereocenters. The van der Waals surface area contributed by atoms with E-state index in [-0.39, 0.29) is 72.0 Å². The van der Waals surface area contributed by atoms with Crippen LogP contribution in [0.2, 0.25) is 0 Å². The molecule has 2 fully saturated rings. The van der Waals surface area contributed by atoms with E-state index < -0.39 is 117 Å². The number of nitrogens with zero attached hydrogens (tertiary/aromatic N) is 6. The van der Waals surface area contributed by atoms with E-state index in [2.05, 4.69) is 21.0 Å². The van der Waals surface area contributed by atoms with Gasteiger partial charge in [0, 0.05) is 76.2 Å². The summed E-state index contributed by atoms with van der Waals surface area (Å²) in [6.07, 6.45) is -2.91. The molecule has 5 heterocycles. The first-order chi connectivity index (χ1) is 50.2. The molecule has 30 nitrogen and oxygen atoms in total. The van der Waals surface area contributed by atoms with Gasteiger partial charge in [0.1, 0.15) is 64.3 Å². The third-order valence-corrected chi connectivity index (χ3v) is 17.6. The molecule has 556 valence electrons. The van der Waals surface area contributed by atoms with Gasteiger partial charge in [-0.25, -0.2) is 49.2 Å². The smallest absolute Gasteiger partial charge is 0.352 e. The van der Waals surface area contributed by atoms with Crippen LogP contribution in [-0.4, -0.2) is 113 Å². The van der Waals surface area contributed by atoms with Crippen molar-refractivity contribution in [3.63, 3.8) is 0 Å². The minimum Gasteiger partial charge on any atom is -0.423 e. The zero-order valence-corrected chi connectivity index (χ0v) is 63.0. The van der Waals surface area contributed by atoms with Crippen LogP contribution in [0.5, 0.6) is 5.75 Å². The average Bonchev–Trinajstić information content (AvgIpc) is 0.784. The molecule has 6 aromatic carbocycles. The number of nitrogens with two attached hydrogens (primary N) is 1. The van der Waals surface area contributed by atoms with Crippen LogP contribution in [-0.2, 0) is 82.2 Å². The van der Waals surface area contributed by atoms with Crippen molar-refractivity contribution in [1.29, 1.82) is 0 Å². The summed E-state index contributed by atoms with van der Waals surface area (Å²) >= 11 is 5.85. The van der Waals surface area contributed by atoms with Gasteiger partial charge in [-0.15, -0.1) is 0 Å². The van der Waals surface area contributed by atoms with Gasteiger partial charge >= 0.3 is 23.0 Å². The van der Waals surface area contributed by atoms with Gasteiger partial charge in [0.25, 0.3) is 28.5 Å². The van der Waals surface area contributed by atoms with Gasteiger partial charge < -0.3 is 44.5 Å². The lowest BCUT2D eigenvalue weighted by atomic mass is 10.0. The molecule has 0 saturated carbocycles. The molecule has 0 bridgehead atoms. The maximum atomic E-state index is 14.4. The number of hydrogen-bond acceptors (Lipinski definition) is 22. The zero-order valence-electron chi connectivity index (χ0n) is 56.6. The Morgan fingerprint density at radius 1 is 0.514 bits per heavy atom. The summed E-state index contributed by atoms with van der Waals surface area (Å²) in [6.45, 7) is 0.0614. The number of aliphatic hydroxyl groups is 2. The molecule has 3 aromatic heterocycles. The van der Waals surface area contributed by atoms with Crippen LogP contribution in [0.15, 0.2) is 174 Å². The minimum atomic E-state index is -1.09. The van der Waals surface area contributed by atoms with Crippen molar-refractivity contribution in [2.45, 2.75) is 37.3 Å². The molecule has 0 aliphatic carbocycles. The lowest BCUT2D eigenvalue weighted by Crippen LogP contribution is -2.45. The van der Waals surface area contributed by atoms with Gasteiger partial charge in [0.15, 0.2) is 18.1 Å². The molecule has 2 amide bonds. The fourth-order valence-electron chi connectivity index (χ4n) is 9.85. The summed E-state index contributed by atoms with van der Waals surface area (Å²) in [5.41, 5.74) is 0.392. The van der Waals surface area contributed by atoms with Crippen LogP contribution in [0.25, 0.3) is 0 Å². The van der Waals surface area contributed by atoms with E-state index in [1.165, 1.54) is 78.7 Å². The predicted molar refractivity (Wildman–Crippen MR) is 399 cm³/mol. The zero-order chi connectivity index (χ0) is 76.3. The SMILES string of the molecule is Cn1c(Cc2ccc(I)cc2F)c(C(=O)NOC(CO)CO)c(=O)n(C)c1=O.Cn1c(Nc2ccc(I)cc2F)c(C(=O)NOC2COC(c3ccccc3)OC2)c(=O)n(C)c1=O.Cn1c(Nc2ccc(I)cc2F)c(C(=O)Oc2ccccc2)c(=O)n(C)c1=O.NOC1COC(c2ccccc2)OC1. The number of rotatable bonds is 19. The second kappa shape index (κ2) is 38.3. The van der Waals surface area contributed by atoms with Gasteiger partial charge in [0.2, 0.25) is 0 Å². The standard InChI is InChI=1S/C23H22FIN4O6.C19H15FIN3O4.C17H19FIN3O6.C10H13NO3/c1-28-19(26-17-9-8-14(25)10-16(17)24)18(21(31)29(2)23(28)32)20(30)27-35-15-11-33-22(34-12-15)13-6-4-3-5-7-13;1-23-16(22-14-9-8-11(21)10-13(14)20)15(17(25)24(2)19(23)27)18(26)28-12-6-4-3-5-7-12;1-21-13(5-9-3-4-10(19)6-12(9)18)14(16(26)22(2)17(21)27)15(25)20-28-11(7-23)8-24;11-14-9-6-12-10(13-7-9)8-4-2-1-3-5-8/h3-10,15,22,26H,11-12H2,1-2H3,(H,27,30);3-10,22H,1-2H3;3-4,6,11,23-24H,5,7-8H2,1-2H3,(H,20,25);1-5,9-10H,6-7,11H2. The number of esters is 1. The Morgan fingerprint density at radius 2 is 0.914 bits per heavy atom. The van der Waals surface area contributed by atoms with Crippen LogP contribution in [0.1, 0.15) is 66.0 Å². The number of benzene rings is 6. The van der Waals surface area contributed by atoms with Gasteiger partial charge in [-0.1, -0.05) is 84.9 Å². The van der Waals surface area contributed by atoms with Crippen LogP contribution >= 0.6 is 67.8 Å². The summed E-state index contributed by atoms with van der Waals surface area (Å²) in [7, 11) is 7.79. The molecular formula is C69H69F3I3N11O19. The second-order valence-electron chi connectivity index (χ2n) is 22.8. The summed E-state index contributed by atoms with van der Waals surface area (Å²) in [4.78, 5) is 128. The Morgan fingerprint density at radius 3 is 1.36 bits per heavy atom. The monoisotopic (exact) mass is 1790 g/mol. The summed E-state index contributed by atoms with van der Waals surface area (Å²) in [5.74, 6) is 0.311. The maximum Gasteiger partial charge on any atom is 0.352 e. The number of nitrogens with one attached hydrogen (secondary N) is 4. The van der Waals surface area contributed by atoms with Crippen LogP contribution in [0.4, 0.5) is 36.2 Å². The lowest BCUT2D eigenvalue weighted by Gasteiger charge is -2.29. The number of hydroxylamine groups is 2. The van der Waals surface area contributed by atoms with Crippen molar-refractivity contribution >= 4 is 109 Å². The van der Waals surface area contributed by atoms with E-state index in [1.54, 1.807) is 48.5 Å². The van der Waals surface area contributed by atoms with Crippen LogP contribution in [0, 0.1) is 28.2 Å². The first kappa shape index (κ1) is 81.6. The van der Waals surface area contributed by atoms with Crippen LogP contribution < -0.4 is 66.0 Å². The van der Waals surface area contributed by atoms with E-state index in [0.29, 0.717) is 23.9 Å². The Hall–Kier alpha value is -9.05. The van der Waals surface area contributed by atoms with Gasteiger partial charge in [-0.3, -0.25) is 65.9 Å². The number of amides is 2. The van der Waals surface area contributed by atoms with E-state index in [4.69, 9.17) is 49.5 Å². The molecule has 36 heteroatoms. The molecule has 2 saturated heterocycles. The molecule has 9 aromatic rings. The second-order valence-corrected chi connectivity index (χ2v) is 26.5. The van der Waals surface area contributed by atoms with Crippen molar-refractivity contribution in [3.05, 3.63) is 275 Å². The summed E-state index contributed by atoms with van der Waals surface area (Å²) < 4.78 is 77.9. The largest absolute Gasteiger partial charge is 0.423 e.